The Balaban J connectivity index is 1.78. The Morgan fingerprint density at radius 1 is 1.27 bits per heavy atom. The van der Waals surface area contributed by atoms with Gasteiger partial charge in [-0.2, -0.15) is 13.2 Å². The highest BCUT2D eigenvalue weighted by Gasteiger charge is 2.50. The number of hydrogen-bond acceptors (Lipinski definition) is 3. The molecule has 0 radical (unpaired) electrons. The second kappa shape index (κ2) is 5.82. The van der Waals surface area contributed by atoms with Gasteiger partial charge in [-0.15, -0.1) is 0 Å². The summed E-state index contributed by atoms with van der Waals surface area (Å²) >= 11 is 0. The van der Waals surface area contributed by atoms with Crippen molar-refractivity contribution in [2.45, 2.75) is 57.5 Å². The zero-order valence-corrected chi connectivity index (χ0v) is 14.6. The maximum atomic E-state index is 14.7. The molecule has 26 heavy (non-hydrogen) atoms. The number of nitrogens with zero attached hydrogens (tertiary/aromatic N) is 3. The van der Waals surface area contributed by atoms with Gasteiger partial charge in [0.25, 0.3) is 0 Å². The largest absolute Gasteiger partial charge is 0.417 e. The normalized spacial score (nSPS) is 29.0. The van der Waals surface area contributed by atoms with E-state index < -0.39 is 24.0 Å². The van der Waals surface area contributed by atoms with Gasteiger partial charge in [0.1, 0.15) is 12.2 Å². The van der Waals surface area contributed by atoms with Crippen LogP contribution in [0.5, 0.6) is 0 Å². The van der Waals surface area contributed by atoms with Gasteiger partial charge in [-0.3, -0.25) is 4.79 Å². The van der Waals surface area contributed by atoms with Crippen LogP contribution in [-0.2, 0) is 11.0 Å². The molecule has 1 saturated heterocycles. The molecule has 0 spiro atoms. The van der Waals surface area contributed by atoms with E-state index in [9.17, 15) is 22.4 Å². The van der Waals surface area contributed by atoms with E-state index in [2.05, 4.69) is 4.98 Å². The Morgan fingerprint density at radius 3 is 2.54 bits per heavy atom. The monoisotopic (exact) mass is 371 g/mol. The van der Waals surface area contributed by atoms with Gasteiger partial charge in [-0.1, -0.05) is 13.8 Å². The van der Waals surface area contributed by atoms with E-state index in [-0.39, 0.29) is 36.0 Å². The number of amides is 1. The van der Waals surface area contributed by atoms with E-state index in [1.54, 1.807) is 4.90 Å². The summed E-state index contributed by atoms with van der Waals surface area (Å²) in [4.78, 5) is 20.2. The Bertz CT molecular complexity index is 732. The average molecular weight is 371 g/mol. The van der Waals surface area contributed by atoms with Crippen molar-refractivity contribution in [3.05, 3.63) is 17.8 Å². The van der Waals surface area contributed by atoms with E-state index in [1.165, 1.54) is 4.90 Å². The van der Waals surface area contributed by atoms with Crippen LogP contribution in [0.25, 0.3) is 0 Å². The minimum atomic E-state index is -4.54. The fourth-order valence-corrected chi connectivity index (χ4v) is 4.13. The molecule has 4 nitrogen and oxygen atoms in total. The zero-order valence-electron chi connectivity index (χ0n) is 14.6. The molecule has 0 bridgehead atoms. The first-order chi connectivity index (χ1) is 12.2. The summed E-state index contributed by atoms with van der Waals surface area (Å²) in [7, 11) is 0. The molecular formula is C18H21F4N3O. The number of halogens is 4. The number of hydrogen-bond donors (Lipinski definition) is 0. The molecule has 1 aromatic rings. The van der Waals surface area contributed by atoms with Gasteiger partial charge < -0.3 is 9.80 Å². The lowest BCUT2D eigenvalue weighted by molar-refractivity contribution is -0.138. The molecule has 3 atom stereocenters. The summed E-state index contributed by atoms with van der Waals surface area (Å²) in [5, 5.41) is 0. The Morgan fingerprint density at radius 2 is 1.96 bits per heavy atom. The van der Waals surface area contributed by atoms with E-state index in [0.717, 1.165) is 25.1 Å². The average Bonchev–Trinajstić information content (AvgIpc) is 3.38. The molecule has 1 aliphatic carbocycles. The zero-order chi connectivity index (χ0) is 18.8. The van der Waals surface area contributed by atoms with Gasteiger partial charge in [-0.25, -0.2) is 9.37 Å². The van der Waals surface area contributed by atoms with Crippen molar-refractivity contribution >= 4 is 17.4 Å². The van der Waals surface area contributed by atoms with Crippen molar-refractivity contribution in [2.24, 2.45) is 11.8 Å². The first-order valence-electron chi connectivity index (χ1n) is 8.99. The highest BCUT2D eigenvalue weighted by Crippen LogP contribution is 2.46. The van der Waals surface area contributed by atoms with Crippen LogP contribution in [0.3, 0.4) is 0 Å². The third kappa shape index (κ3) is 2.74. The van der Waals surface area contributed by atoms with Gasteiger partial charge >= 0.3 is 6.18 Å². The number of pyridine rings is 1. The van der Waals surface area contributed by atoms with Crippen LogP contribution in [-0.4, -0.2) is 35.7 Å². The molecule has 3 heterocycles. The highest BCUT2D eigenvalue weighted by molar-refractivity contribution is 6.05. The molecule has 0 N–H and O–H groups in total. The van der Waals surface area contributed by atoms with Crippen LogP contribution >= 0.6 is 0 Å². The molecule has 1 aromatic heterocycles. The summed E-state index contributed by atoms with van der Waals surface area (Å²) in [6, 6.07) is 0.359. The molecule has 142 valence electrons. The minimum Gasteiger partial charge on any atom is -0.340 e. The number of carbonyl (C=O) groups excluding carboxylic acids is 1. The SMILES string of the molecule is CC(C)C1CC2C(=O)N(C3CC3)c3cc(C(F)(F)F)cnc3N2CC1F. The topological polar surface area (TPSA) is 36.4 Å². The maximum Gasteiger partial charge on any atom is 0.417 e. The van der Waals surface area contributed by atoms with Crippen LogP contribution in [0.4, 0.5) is 29.1 Å². The number of carbonyl (C=O) groups is 1. The van der Waals surface area contributed by atoms with Crippen molar-refractivity contribution in [1.82, 2.24) is 4.98 Å². The van der Waals surface area contributed by atoms with Gasteiger partial charge in [0.2, 0.25) is 5.91 Å². The van der Waals surface area contributed by atoms with Gasteiger partial charge in [-0.05, 0) is 37.2 Å². The lowest BCUT2D eigenvalue weighted by atomic mass is 9.80. The molecule has 3 unspecified atom stereocenters. The Labute approximate surface area is 149 Å². The van der Waals surface area contributed by atoms with Crippen LogP contribution in [0.2, 0.25) is 0 Å². The Kier molecular flexibility index (Phi) is 3.93. The standard InChI is InChI=1S/C18H21F4N3O/c1-9(2)12-6-15-17(26)25(11-3-4-11)14-5-10(18(20,21)22)7-23-16(14)24(15)8-13(12)19/h5,7,9,11-13,15H,3-4,6,8H2,1-2H3. The smallest absolute Gasteiger partial charge is 0.340 e. The number of piperidine rings is 1. The summed E-state index contributed by atoms with van der Waals surface area (Å²) in [5.41, 5.74) is -0.721. The predicted molar refractivity (Wildman–Crippen MR) is 88.7 cm³/mol. The first kappa shape index (κ1) is 17.5. The number of rotatable bonds is 2. The molecule has 0 aromatic carbocycles. The lowest BCUT2D eigenvalue weighted by Crippen LogP contribution is -2.60. The van der Waals surface area contributed by atoms with Crippen molar-refractivity contribution < 1.29 is 22.4 Å². The summed E-state index contributed by atoms with van der Waals surface area (Å²) in [6.45, 7) is 3.85. The van der Waals surface area contributed by atoms with Gasteiger partial charge in [0, 0.05) is 12.2 Å². The van der Waals surface area contributed by atoms with E-state index in [0.29, 0.717) is 12.2 Å². The van der Waals surface area contributed by atoms with E-state index in [4.69, 9.17) is 0 Å². The maximum absolute atomic E-state index is 14.7. The molecule has 2 fully saturated rings. The van der Waals surface area contributed by atoms with Crippen LogP contribution < -0.4 is 9.80 Å². The summed E-state index contributed by atoms with van der Waals surface area (Å²) in [6.07, 6.45) is -2.99. The highest BCUT2D eigenvalue weighted by atomic mass is 19.4. The van der Waals surface area contributed by atoms with Crippen LogP contribution in [0.15, 0.2) is 12.3 Å². The molecule has 1 amide bonds. The van der Waals surface area contributed by atoms with Crippen LogP contribution in [0.1, 0.15) is 38.7 Å². The van der Waals surface area contributed by atoms with Gasteiger partial charge in [0.15, 0.2) is 5.82 Å². The predicted octanol–water partition coefficient (Wildman–Crippen LogP) is 3.80. The number of alkyl halides is 4. The third-order valence-electron chi connectivity index (χ3n) is 5.70. The molecule has 8 heteroatoms. The van der Waals surface area contributed by atoms with Gasteiger partial charge in [0.05, 0.1) is 17.8 Å². The van der Waals surface area contributed by atoms with Crippen molar-refractivity contribution in [1.29, 1.82) is 0 Å². The first-order valence-corrected chi connectivity index (χ1v) is 8.99. The number of fused-ring (bicyclic) bond motifs is 3. The quantitative estimate of drug-likeness (QED) is 0.742. The molecule has 1 saturated carbocycles. The summed E-state index contributed by atoms with van der Waals surface area (Å²) < 4.78 is 54.0. The molecule has 2 aliphatic heterocycles. The van der Waals surface area contributed by atoms with E-state index in [1.807, 2.05) is 13.8 Å². The van der Waals surface area contributed by atoms with E-state index >= 15 is 0 Å². The second-order valence-electron chi connectivity index (χ2n) is 7.83. The third-order valence-corrected chi connectivity index (χ3v) is 5.70. The van der Waals surface area contributed by atoms with Crippen molar-refractivity contribution in [3.8, 4) is 0 Å². The van der Waals surface area contributed by atoms with Crippen LogP contribution in [0, 0.1) is 11.8 Å². The molecule has 4 rings (SSSR count). The van der Waals surface area contributed by atoms with Crippen molar-refractivity contribution in [3.63, 3.8) is 0 Å². The molecular weight excluding hydrogens is 350 g/mol. The fraction of sp³-hybridized carbons (Fsp3) is 0.667. The summed E-state index contributed by atoms with van der Waals surface area (Å²) in [5.74, 6) is -0.0773. The lowest BCUT2D eigenvalue weighted by Gasteiger charge is -2.48. The molecule has 3 aliphatic rings. The van der Waals surface area contributed by atoms with Crippen molar-refractivity contribution in [2.75, 3.05) is 16.3 Å². The number of anilines is 2. The Hall–Kier alpha value is -1.86. The fourth-order valence-electron chi connectivity index (χ4n) is 4.13. The second-order valence-corrected chi connectivity index (χ2v) is 7.83. The number of aromatic nitrogens is 1. The minimum absolute atomic E-state index is 0.0108.